The Morgan fingerprint density at radius 1 is 1.33 bits per heavy atom. The van der Waals surface area contributed by atoms with Crippen molar-refractivity contribution in [3.05, 3.63) is 0 Å². The summed E-state index contributed by atoms with van der Waals surface area (Å²) in [6.45, 7) is 1.26. The number of piperidine rings is 1. The van der Waals surface area contributed by atoms with Gasteiger partial charge in [0.25, 0.3) is 0 Å². The number of amides is 1. The number of halogens is 2. The zero-order valence-electron chi connectivity index (χ0n) is 10.7. The van der Waals surface area contributed by atoms with E-state index < -0.39 is 11.8 Å². The lowest BCUT2D eigenvalue weighted by Gasteiger charge is -2.37. The maximum Gasteiger partial charge on any atom is 0.248 e. The summed E-state index contributed by atoms with van der Waals surface area (Å²) < 4.78 is 26.4. The molecule has 0 aromatic rings. The van der Waals surface area contributed by atoms with Gasteiger partial charge in [-0.05, 0) is 38.6 Å². The SMILES string of the molecule is NCCC1CCCCN1C(=O)C1CCC(F)(F)C1. The van der Waals surface area contributed by atoms with Crippen molar-refractivity contribution in [2.45, 2.75) is 56.9 Å². The largest absolute Gasteiger partial charge is 0.339 e. The van der Waals surface area contributed by atoms with Crippen LogP contribution in [0.2, 0.25) is 0 Å². The second kappa shape index (κ2) is 5.51. The predicted octanol–water partition coefficient (Wildman–Crippen LogP) is 2.15. The van der Waals surface area contributed by atoms with Crippen LogP contribution in [-0.4, -0.2) is 35.9 Å². The van der Waals surface area contributed by atoms with Gasteiger partial charge in [0.05, 0.1) is 0 Å². The average molecular weight is 260 g/mol. The molecule has 2 unspecified atom stereocenters. The number of hydrogen-bond acceptors (Lipinski definition) is 2. The first kappa shape index (κ1) is 13.7. The van der Waals surface area contributed by atoms with E-state index >= 15 is 0 Å². The van der Waals surface area contributed by atoms with Gasteiger partial charge in [-0.2, -0.15) is 0 Å². The summed E-state index contributed by atoms with van der Waals surface area (Å²) in [5.74, 6) is -3.18. The van der Waals surface area contributed by atoms with Gasteiger partial charge in [0, 0.05) is 31.3 Å². The number of rotatable bonds is 3. The molecule has 104 valence electrons. The highest BCUT2D eigenvalue weighted by molar-refractivity contribution is 5.79. The second-order valence-electron chi connectivity index (χ2n) is 5.55. The van der Waals surface area contributed by atoms with Crippen molar-refractivity contribution < 1.29 is 13.6 Å². The van der Waals surface area contributed by atoms with Crippen LogP contribution < -0.4 is 5.73 Å². The summed E-state index contributed by atoms with van der Waals surface area (Å²) in [5.41, 5.74) is 5.56. The van der Waals surface area contributed by atoms with Gasteiger partial charge in [0.2, 0.25) is 11.8 Å². The van der Waals surface area contributed by atoms with E-state index in [2.05, 4.69) is 0 Å². The third-order valence-electron chi connectivity index (χ3n) is 4.16. The Balaban J connectivity index is 1.98. The van der Waals surface area contributed by atoms with Crippen LogP contribution in [0, 0.1) is 5.92 Å². The van der Waals surface area contributed by atoms with Crippen LogP contribution in [0.4, 0.5) is 8.78 Å². The monoisotopic (exact) mass is 260 g/mol. The van der Waals surface area contributed by atoms with Crippen molar-refractivity contribution in [2.75, 3.05) is 13.1 Å². The molecule has 2 N–H and O–H groups in total. The number of likely N-dealkylation sites (tertiary alicyclic amines) is 1. The molecule has 2 rings (SSSR count). The maximum absolute atomic E-state index is 13.2. The first-order valence-corrected chi connectivity index (χ1v) is 6.92. The number of carbonyl (C=O) groups excluding carboxylic acids is 1. The Labute approximate surface area is 107 Å². The van der Waals surface area contributed by atoms with Gasteiger partial charge in [0.15, 0.2) is 0 Å². The zero-order chi connectivity index (χ0) is 13.2. The molecule has 1 aliphatic carbocycles. The zero-order valence-corrected chi connectivity index (χ0v) is 10.7. The van der Waals surface area contributed by atoms with Gasteiger partial charge in [-0.1, -0.05) is 0 Å². The summed E-state index contributed by atoms with van der Waals surface area (Å²) in [5, 5.41) is 0. The molecule has 0 aromatic carbocycles. The van der Waals surface area contributed by atoms with E-state index in [1.165, 1.54) is 0 Å². The number of alkyl halides is 2. The van der Waals surface area contributed by atoms with E-state index in [0.29, 0.717) is 19.5 Å². The molecular weight excluding hydrogens is 238 g/mol. The second-order valence-corrected chi connectivity index (χ2v) is 5.55. The van der Waals surface area contributed by atoms with Crippen LogP contribution in [0.1, 0.15) is 44.9 Å². The van der Waals surface area contributed by atoms with Crippen LogP contribution in [0.3, 0.4) is 0 Å². The Morgan fingerprint density at radius 3 is 2.72 bits per heavy atom. The fourth-order valence-electron chi connectivity index (χ4n) is 3.18. The molecule has 2 fully saturated rings. The molecule has 5 heteroatoms. The Kier molecular flexibility index (Phi) is 4.20. The summed E-state index contributed by atoms with van der Waals surface area (Å²) >= 11 is 0. The lowest BCUT2D eigenvalue weighted by molar-refractivity contribution is -0.140. The van der Waals surface area contributed by atoms with Crippen molar-refractivity contribution in [2.24, 2.45) is 11.7 Å². The van der Waals surface area contributed by atoms with Gasteiger partial charge in [-0.25, -0.2) is 8.78 Å². The molecular formula is C13H22F2N2O. The maximum atomic E-state index is 13.2. The fraction of sp³-hybridized carbons (Fsp3) is 0.923. The molecule has 1 aliphatic heterocycles. The number of nitrogens with two attached hydrogens (primary N) is 1. The summed E-state index contributed by atoms with van der Waals surface area (Å²) in [4.78, 5) is 14.1. The Hall–Kier alpha value is -0.710. The molecule has 1 heterocycles. The Morgan fingerprint density at radius 2 is 2.11 bits per heavy atom. The molecule has 1 amide bonds. The quantitative estimate of drug-likeness (QED) is 0.845. The lowest BCUT2D eigenvalue weighted by atomic mass is 9.96. The molecule has 2 aliphatic rings. The third kappa shape index (κ3) is 2.99. The fourth-order valence-corrected chi connectivity index (χ4v) is 3.18. The molecule has 1 saturated carbocycles. The van der Waals surface area contributed by atoms with E-state index in [4.69, 9.17) is 5.73 Å². The van der Waals surface area contributed by atoms with Gasteiger partial charge in [-0.3, -0.25) is 4.79 Å². The van der Waals surface area contributed by atoms with Crippen molar-refractivity contribution in [1.82, 2.24) is 4.90 Å². The average Bonchev–Trinajstić information content (AvgIpc) is 2.70. The summed E-state index contributed by atoms with van der Waals surface area (Å²) in [6, 6.07) is 0.172. The smallest absolute Gasteiger partial charge is 0.248 e. The molecule has 2 atom stereocenters. The minimum atomic E-state index is -2.64. The standard InChI is InChI=1S/C13H22F2N2O/c14-13(15)6-4-10(9-13)12(18)17-8-2-1-3-11(17)5-7-16/h10-11H,1-9,16H2. The number of carbonyl (C=O) groups is 1. The van der Waals surface area contributed by atoms with Crippen molar-refractivity contribution in [1.29, 1.82) is 0 Å². The minimum Gasteiger partial charge on any atom is -0.339 e. The van der Waals surface area contributed by atoms with Crippen molar-refractivity contribution in [3.63, 3.8) is 0 Å². The predicted molar refractivity (Wildman–Crippen MR) is 65.3 cm³/mol. The molecule has 1 saturated heterocycles. The normalized spacial score (nSPS) is 31.6. The topological polar surface area (TPSA) is 46.3 Å². The number of hydrogen-bond donors (Lipinski definition) is 1. The van der Waals surface area contributed by atoms with Gasteiger partial charge in [-0.15, -0.1) is 0 Å². The highest BCUT2D eigenvalue weighted by Gasteiger charge is 2.44. The Bertz CT molecular complexity index is 307. The van der Waals surface area contributed by atoms with Gasteiger partial charge >= 0.3 is 0 Å². The van der Waals surface area contributed by atoms with Crippen LogP contribution in [0.5, 0.6) is 0 Å². The van der Waals surface area contributed by atoms with E-state index in [9.17, 15) is 13.6 Å². The van der Waals surface area contributed by atoms with Crippen LogP contribution >= 0.6 is 0 Å². The highest BCUT2D eigenvalue weighted by atomic mass is 19.3. The minimum absolute atomic E-state index is 0.0645. The van der Waals surface area contributed by atoms with E-state index in [0.717, 1.165) is 25.7 Å². The highest BCUT2D eigenvalue weighted by Crippen LogP contribution is 2.40. The van der Waals surface area contributed by atoms with Gasteiger partial charge in [0.1, 0.15) is 0 Å². The van der Waals surface area contributed by atoms with Crippen molar-refractivity contribution >= 4 is 5.91 Å². The molecule has 0 spiro atoms. The summed E-state index contributed by atoms with van der Waals surface area (Å²) in [7, 11) is 0. The summed E-state index contributed by atoms with van der Waals surface area (Å²) in [6.07, 6.45) is 3.76. The molecule has 0 bridgehead atoms. The molecule has 18 heavy (non-hydrogen) atoms. The van der Waals surface area contributed by atoms with E-state index in [1.807, 2.05) is 4.90 Å². The van der Waals surface area contributed by atoms with Crippen LogP contribution in [-0.2, 0) is 4.79 Å². The van der Waals surface area contributed by atoms with Gasteiger partial charge < -0.3 is 10.6 Å². The van der Waals surface area contributed by atoms with E-state index in [-0.39, 0.29) is 24.8 Å². The lowest BCUT2D eigenvalue weighted by Crippen LogP contribution is -2.47. The van der Waals surface area contributed by atoms with Crippen LogP contribution in [0.15, 0.2) is 0 Å². The third-order valence-corrected chi connectivity index (χ3v) is 4.16. The molecule has 0 radical (unpaired) electrons. The molecule has 0 aromatic heterocycles. The van der Waals surface area contributed by atoms with Crippen LogP contribution in [0.25, 0.3) is 0 Å². The number of nitrogens with zero attached hydrogens (tertiary/aromatic N) is 1. The first-order valence-electron chi connectivity index (χ1n) is 6.92. The van der Waals surface area contributed by atoms with Crippen molar-refractivity contribution in [3.8, 4) is 0 Å². The first-order chi connectivity index (χ1) is 8.53. The van der Waals surface area contributed by atoms with E-state index in [1.54, 1.807) is 0 Å². The molecule has 3 nitrogen and oxygen atoms in total.